The lowest BCUT2D eigenvalue weighted by Crippen LogP contribution is -2.36. The fourth-order valence-electron chi connectivity index (χ4n) is 1.88. The van der Waals surface area contributed by atoms with Crippen molar-refractivity contribution >= 4 is 33.6 Å². The van der Waals surface area contributed by atoms with Gasteiger partial charge >= 0.3 is 12.0 Å². The Morgan fingerprint density at radius 3 is 2.62 bits per heavy atom. The second kappa shape index (κ2) is 8.67. The Morgan fingerprint density at radius 2 is 2.00 bits per heavy atom. The number of benzene rings is 1. The zero-order valence-corrected chi connectivity index (χ0v) is 13.8. The fraction of sp³-hybridized carbons (Fsp3) is 0.467. The van der Waals surface area contributed by atoms with Crippen LogP contribution in [0.5, 0.6) is 0 Å². The van der Waals surface area contributed by atoms with Gasteiger partial charge in [-0.3, -0.25) is 4.79 Å². The van der Waals surface area contributed by atoms with Crippen molar-refractivity contribution < 1.29 is 14.7 Å². The lowest BCUT2D eigenvalue weighted by atomic mass is 10.0. The normalized spacial score (nSPS) is 13.3. The van der Waals surface area contributed by atoms with Crippen molar-refractivity contribution in [2.24, 2.45) is 5.92 Å². The monoisotopic (exact) mass is 356 g/mol. The predicted molar refractivity (Wildman–Crippen MR) is 86.4 cm³/mol. The van der Waals surface area contributed by atoms with Crippen LogP contribution in [0.1, 0.15) is 33.1 Å². The molecule has 0 heterocycles. The smallest absolute Gasteiger partial charge is 0.319 e. The molecule has 0 radical (unpaired) electrons. The van der Waals surface area contributed by atoms with E-state index in [1.54, 1.807) is 6.92 Å². The van der Waals surface area contributed by atoms with Crippen LogP contribution in [-0.4, -0.2) is 23.1 Å². The van der Waals surface area contributed by atoms with E-state index in [2.05, 4.69) is 26.6 Å². The van der Waals surface area contributed by atoms with Gasteiger partial charge in [0.2, 0.25) is 0 Å². The van der Waals surface area contributed by atoms with Gasteiger partial charge in [0, 0.05) is 16.2 Å². The van der Waals surface area contributed by atoms with Gasteiger partial charge in [-0.2, -0.15) is 0 Å². The van der Waals surface area contributed by atoms with Gasteiger partial charge in [-0.25, -0.2) is 4.79 Å². The number of carboxylic acid groups (broad SMARTS) is 1. The number of urea groups is 1. The molecule has 2 unspecified atom stereocenters. The van der Waals surface area contributed by atoms with Crippen molar-refractivity contribution in [3.8, 4) is 0 Å². The Bertz CT molecular complexity index is 494. The number of aliphatic carboxylic acids is 1. The molecule has 1 aromatic rings. The van der Waals surface area contributed by atoms with E-state index in [1.807, 2.05) is 31.2 Å². The highest BCUT2D eigenvalue weighted by Gasteiger charge is 2.12. The van der Waals surface area contributed by atoms with Crippen molar-refractivity contribution in [1.29, 1.82) is 0 Å². The molecule has 6 heteroatoms. The average Bonchev–Trinajstić information content (AvgIpc) is 2.37. The minimum absolute atomic E-state index is 0.00171. The van der Waals surface area contributed by atoms with Crippen LogP contribution in [0.2, 0.25) is 0 Å². The first-order chi connectivity index (χ1) is 9.88. The number of anilines is 1. The summed E-state index contributed by atoms with van der Waals surface area (Å²) in [6, 6.07) is 7.10. The lowest BCUT2D eigenvalue weighted by molar-refractivity contribution is -0.141. The van der Waals surface area contributed by atoms with Gasteiger partial charge in [-0.15, -0.1) is 0 Å². The second-order valence-corrected chi connectivity index (χ2v) is 6.10. The molecule has 5 nitrogen and oxygen atoms in total. The average molecular weight is 357 g/mol. The van der Waals surface area contributed by atoms with Gasteiger partial charge in [0.25, 0.3) is 0 Å². The van der Waals surface area contributed by atoms with Crippen LogP contribution >= 0.6 is 15.9 Å². The Kier molecular flexibility index (Phi) is 7.22. The largest absolute Gasteiger partial charge is 0.481 e. The SMILES string of the molecule is CC(CCCC(C)C(=O)O)NC(=O)Nc1cccc(Br)c1. The summed E-state index contributed by atoms with van der Waals surface area (Å²) >= 11 is 3.34. The number of rotatable bonds is 7. The molecule has 3 N–H and O–H groups in total. The number of carboxylic acids is 1. The van der Waals surface area contributed by atoms with Crippen LogP contribution in [0.4, 0.5) is 10.5 Å². The molecular formula is C15H21BrN2O3. The second-order valence-electron chi connectivity index (χ2n) is 5.18. The zero-order chi connectivity index (χ0) is 15.8. The van der Waals surface area contributed by atoms with Crippen LogP contribution in [0.25, 0.3) is 0 Å². The molecule has 0 aliphatic rings. The van der Waals surface area contributed by atoms with E-state index < -0.39 is 5.97 Å². The van der Waals surface area contributed by atoms with Crippen molar-refractivity contribution in [2.45, 2.75) is 39.2 Å². The van der Waals surface area contributed by atoms with Crippen LogP contribution in [0.15, 0.2) is 28.7 Å². The van der Waals surface area contributed by atoms with Crippen LogP contribution in [0, 0.1) is 5.92 Å². The number of nitrogens with one attached hydrogen (secondary N) is 2. The zero-order valence-electron chi connectivity index (χ0n) is 12.2. The van der Waals surface area contributed by atoms with Crippen molar-refractivity contribution in [1.82, 2.24) is 5.32 Å². The van der Waals surface area contributed by atoms with E-state index in [1.165, 1.54) is 0 Å². The van der Waals surface area contributed by atoms with Gasteiger partial charge in [-0.05, 0) is 38.0 Å². The van der Waals surface area contributed by atoms with E-state index in [0.717, 1.165) is 17.3 Å². The Morgan fingerprint density at radius 1 is 1.29 bits per heavy atom. The van der Waals surface area contributed by atoms with Gasteiger partial charge in [0.05, 0.1) is 5.92 Å². The highest BCUT2D eigenvalue weighted by Crippen LogP contribution is 2.15. The molecule has 0 aliphatic heterocycles. The molecule has 0 aromatic heterocycles. The molecular weight excluding hydrogens is 336 g/mol. The fourth-order valence-corrected chi connectivity index (χ4v) is 2.28. The number of carbonyl (C=O) groups is 2. The molecule has 0 bridgehead atoms. The summed E-state index contributed by atoms with van der Waals surface area (Å²) in [5.74, 6) is -1.12. The summed E-state index contributed by atoms with van der Waals surface area (Å²) in [5.41, 5.74) is 0.716. The summed E-state index contributed by atoms with van der Waals surface area (Å²) in [6.45, 7) is 3.60. The standard InChI is InChI=1S/C15H21BrN2O3/c1-10(14(19)20)5-3-6-11(2)17-15(21)18-13-8-4-7-12(16)9-13/h4,7-11H,3,5-6H2,1-2H3,(H,19,20)(H2,17,18,21). The van der Waals surface area contributed by atoms with Crippen molar-refractivity contribution in [3.63, 3.8) is 0 Å². The van der Waals surface area contributed by atoms with E-state index >= 15 is 0 Å². The maximum Gasteiger partial charge on any atom is 0.319 e. The first-order valence-electron chi connectivity index (χ1n) is 6.94. The summed E-state index contributed by atoms with van der Waals surface area (Å²) < 4.78 is 0.899. The van der Waals surface area contributed by atoms with Crippen molar-refractivity contribution in [2.75, 3.05) is 5.32 Å². The summed E-state index contributed by atoms with van der Waals surface area (Å²) in [6.07, 6.45) is 2.14. The third kappa shape index (κ3) is 7.13. The summed E-state index contributed by atoms with van der Waals surface area (Å²) in [4.78, 5) is 22.5. The number of hydrogen-bond donors (Lipinski definition) is 3. The topological polar surface area (TPSA) is 78.4 Å². The minimum Gasteiger partial charge on any atom is -0.481 e. The quantitative estimate of drug-likeness (QED) is 0.694. The maximum absolute atomic E-state index is 11.8. The van der Waals surface area contributed by atoms with E-state index in [0.29, 0.717) is 12.1 Å². The van der Waals surface area contributed by atoms with E-state index in [-0.39, 0.29) is 18.0 Å². The molecule has 116 valence electrons. The Balaban J connectivity index is 2.29. The van der Waals surface area contributed by atoms with Crippen LogP contribution in [-0.2, 0) is 4.79 Å². The molecule has 1 rings (SSSR count). The van der Waals surface area contributed by atoms with E-state index in [4.69, 9.17) is 5.11 Å². The highest BCUT2D eigenvalue weighted by atomic mass is 79.9. The molecule has 0 fully saturated rings. The number of carbonyl (C=O) groups excluding carboxylic acids is 1. The predicted octanol–water partition coefficient (Wildman–Crippen LogP) is 3.85. The summed E-state index contributed by atoms with van der Waals surface area (Å²) in [7, 11) is 0. The first-order valence-corrected chi connectivity index (χ1v) is 7.73. The van der Waals surface area contributed by atoms with Crippen LogP contribution in [0.3, 0.4) is 0 Å². The number of hydrogen-bond acceptors (Lipinski definition) is 2. The Labute approximate surface area is 133 Å². The van der Waals surface area contributed by atoms with Crippen molar-refractivity contribution in [3.05, 3.63) is 28.7 Å². The molecule has 0 spiro atoms. The van der Waals surface area contributed by atoms with Gasteiger partial charge in [0.15, 0.2) is 0 Å². The first kappa shape index (κ1) is 17.5. The van der Waals surface area contributed by atoms with Gasteiger partial charge in [-0.1, -0.05) is 35.3 Å². The summed E-state index contributed by atoms with van der Waals surface area (Å²) in [5, 5.41) is 14.4. The Hall–Kier alpha value is -1.56. The highest BCUT2D eigenvalue weighted by molar-refractivity contribution is 9.10. The number of amides is 2. The molecule has 0 saturated carbocycles. The van der Waals surface area contributed by atoms with Gasteiger partial charge < -0.3 is 15.7 Å². The molecule has 1 aromatic carbocycles. The van der Waals surface area contributed by atoms with Gasteiger partial charge in [0.1, 0.15) is 0 Å². The molecule has 2 amide bonds. The molecule has 21 heavy (non-hydrogen) atoms. The molecule has 0 saturated heterocycles. The van der Waals surface area contributed by atoms with Crippen LogP contribution < -0.4 is 10.6 Å². The third-order valence-electron chi connectivity index (χ3n) is 3.16. The molecule has 2 atom stereocenters. The third-order valence-corrected chi connectivity index (χ3v) is 3.65. The van der Waals surface area contributed by atoms with E-state index in [9.17, 15) is 9.59 Å². The molecule has 0 aliphatic carbocycles. The lowest BCUT2D eigenvalue weighted by Gasteiger charge is -2.15. The maximum atomic E-state index is 11.8. The minimum atomic E-state index is -0.775. The number of halogens is 1.